The maximum Gasteiger partial charge on any atom is 0.263 e. The largest absolute Gasteiger partial charge is 0.494 e. The Morgan fingerprint density at radius 3 is 3.00 bits per heavy atom. The van der Waals surface area contributed by atoms with Crippen LogP contribution in [0.1, 0.15) is 37.9 Å². The molecule has 3 heterocycles. The molecular weight excluding hydrogens is 382 g/mol. The summed E-state index contributed by atoms with van der Waals surface area (Å²) in [5, 5.41) is 8.05. The first-order valence-electron chi connectivity index (χ1n) is 10.5. The van der Waals surface area contributed by atoms with Gasteiger partial charge in [0.05, 0.1) is 18.2 Å². The number of fused-ring (bicyclic) bond motifs is 1. The molecule has 1 fully saturated rings. The van der Waals surface area contributed by atoms with Crippen molar-refractivity contribution in [1.29, 1.82) is 0 Å². The first-order chi connectivity index (χ1) is 14.7. The number of nitrogens with zero attached hydrogens (tertiary/aromatic N) is 4. The van der Waals surface area contributed by atoms with Gasteiger partial charge < -0.3 is 19.5 Å². The average Bonchev–Trinajstić information content (AvgIpc) is 3.22. The Hall–Kier alpha value is -3.16. The van der Waals surface area contributed by atoms with Crippen LogP contribution < -0.4 is 15.0 Å². The number of anilines is 1. The molecule has 1 atom stereocenters. The zero-order valence-electron chi connectivity index (χ0n) is 17.4. The first-order valence-corrected chi connectivity index (χ1v) is 10.5. The molecule has 1 saturated heterocycles. The van der Waals surface area contributed by atoms with Crippen molar-refractivity contribution in [3.05, 3.63) is 41.9 Å². The van der Waals surface area contributed by atoms with Gasteiger partial charge in [0.1, 0.15) is 23.3 Å². The Bertz CT molecular complexity index is 1020. The first kappa shape index (κ1) is 20.1. The number of ether oxygens (including phenoxy) is 1. The fourth-order valence-electron chi connectivity index (χ4n) is 3.96. The molecule has 3 aromatic rings. The lowest BCUT2D eigenvalue weighted by molar-refractivity contribution is -0.125. The fourth-order valence-corrected chi connectivity index (χ4v) is 3.96. The van der Waals surface area contributed by atoms with Crippen LogP contribution >= 0.6 is 0 Å². The van der Waals surface area contributed by atoms with Crippen LogP contribution in [-0.4, -0.2) is 40.7 Å². The lowest BCUT2D eigenvalue weighted by atomic mass is 9.96. The predicted molar refractivity (Wildman–Crippen MR) is 113 cm³/mol. The second-order valence-electron chi connectivity index (χ2n) is 7.40. The van der Waals surface area contributed by atoms with E-state index in [4.69, 9.17) is 9.26 Å². The van der Waals surface area contributed by atoms with Crippen LogP contribution in [0.25, 0.3) is 11.1 Å². The molecule has 0 unspecified atom stereocenters. The van der Waals surface area contributed by atoms with Crippen molar-refractivity contribution in [1.82, 2.24) is 20.4 Å². The van der Waals surface area contributed by atoms with Crippen molar-refractivity contribution in [2.24, 2.45) is 5.92 Å². The second kappa shape index (κ2) is 9.11. The van der Waals surface area contributed by atoms with Crippen LogP contribution in [0.15, 0.2) is 35.1 Å². The molecule has 1 aliphatic heterocycles. The number of piperidine rings is 1. The molecule has 4 rings (SSSR count). The lowest BCUT2D eigenvalue weighted by Gasteiger charge is -2.33. The molecule has 0 radical (unpaired) electrons. The van der Waals surface area contributed by atoms with Gasteiger partial charge in [-0.15, -0.1) is 0 Å². The summed E-state index contributed by atoms with van der Waals surface area (Å²) in [5.41, 5.74) is 2.32. The summed E-state index contributed by atoms with van der Waals surface area (Å²) in [4.78, 5) is 23.8. The van der Waals surface area contributed by atoms with E-state index in [0.29, 0.717) is 25.4 Å². The van der Waals surface area contributed by atoms with E-state index in [1.807, 2.05) is 38.1 Å². The molecule has 0 saturated carbocycles. The summed E-state index contributed by atoms with van der Waals surface area (Å²) in [6.45, 7) is 6.49. The number of carbonyl (C=O) groups excluding carboxylic acids is 1. The molecule has 2 aromatic heterocycles. The summed E-state index contributed by atoms with van der Waals surface area (Å²) < 4.78 is 11.0. The molecule has 30 heavy (non-hydrogen) atoms. The van der Waals surface area contributed by atoms with Gasteiger partial charge in [-0.05, 0) is 32.3 Å². The third kappa shape index (κ3) is 4.08. The van der Waals surface area contributed by atoms with Gasteiger partial charge in [0.25, 0.3) is 5.71 Å². The van der Waals surface area contributed by atoms with E-state index in [2.05, 4.69) is 25.3 Å². The van der Waals surface area contributed by atoms with E-state index >= 15 is 0 Å². The second-order valence-corrected chi connectivity index (χ2v) is 7.40. The molecule has 0 aliphatic carbocycles. The lowest BCUT2D eigenvalue weighted by Crippen LogP contribution is -2.43. The predicted octanol–water partition coefficient (Wildman–Crippen LogP) is 3.11. The maximum atomic E-state index is 12.9. The van der Waals surface area contributed by atoms with E-state index in [1.54, 1.807) is 0 Å². The highest BCUT2D eigenvalue weighted by Gasteiger charge is 2.28. The number of benzene rings is 1. The minimum atomic E-state index is -0.104. The normalized spacial score (nSPS) is 16.6. The number of para-hydroxylation sites is 1. The molecule has 8 heteroatoms. The highest BCUT2D eigenvalue weighted by atomic mass is 16.5. The van der Waals surface area contributed by atoms with E-state index in [0.717, 1.165) is 54.0 Å². The van der Waals surface area contributed by atoms with Crippen molar-refractivity contribution < 1.29 is 14.1 Å². The minimum Gasteiger partial charge on any atom is -0.494 e. The Balaban J connectivity index is 1.46. The maximum absolute atomic E-state index is 12.9. The third-order valence-electron chi connectivity index (χ3n) is 5.48. The summed E-state index contributed by atoms with van der Waals surface area (Å²) in [6, 6.07) is 7.80. The minimum absolute atomic E-state index is 0.0531. The van der Waals surface area contributed by atoms with E-state index in [-0.39, 0.29) is 11.8 Å². The van der Waals surface area contributed by atoms with Crippen molar-refractivity contribution in [2.75, 3.05) is 24.6 Å². The molecule has 1 amide bonds. The molecule has 0 spiro atoms. The molecule has 1 aliphatic rings. The van der Waals surface area contributed by atoms with Crippen molar-refractivity contribution in [3.8, 4) is 5.75 Å². The molecule has 0 bridgehead atoms. The van der Waals surface area contributed by atoms with Gasteiger partial charge in [0, 0.05) is 25.2 Å². The van der Waals surface area contributed by atoms with Crippen LogP contribution in [-0.2, 0) is 17.8 Å². The number of aromatic nitrogens is 3. The van der Waals surface area contributed by atoms with Crippen LogP contribution in [0.3, 0.4) is 0 Å². The van der Waals surface area contributed by atoms with E-state index < -0.39 is 0 Å². The summed E-state index contributed by atoms with van der Waals surface area (Å²) in [5.74, 6) is 1.57. The smallest absolute Gasteiger partial charge is 0.263 e. The number of hydrogen-bond acceptors (Lipinski definition) is 7. The summed E-state index contributed by atoms with van der Waals surface area (Å²) >= 11 is 0. The monoisotopic (exact) mass is 409 g/mol. The number of nitrogens with one attached hydrogen (secondary N) is 1. The highest BCUT2D eigenvalue weighted by molar-refractivity contribution is 5.88. The number of rotatable bonds is 7. The SMILES string of the molecule is CCOc1ccccc1CNC(=O)[C@H]1CCCN(c2ncnc3onc(CC)c23)C1. The number of amides is 1. The number of aryl methyl sites for hydroxylation is 1. The molecule has 1 N–H and O–H groups in total. The van der Waals surface area contributed by atoms with Crippen LogP contribution in [0.2, 0.25) is 0 Å². The van der Waals surface area contributed by atoms with Gasteiger partial charge in [-0.3, -0.25) is 4.79 Å². The number of carbonyl (C=O) groups is 1. The molecular formula is C22H27N5O3. The topological polar surface area (TPSA) is 93.4 Å². The Labute approximate surface area is 175 Å². The Morgan fingerprint density at radius 2 is 2.17 bits per heavy atom. The van der Waals surface area contributed by atoms with Gasteiger partial charge in [0.15, 0.2) is 0 Å². The highest BCUT2D eigenvalue weighted by Crippen LogP contribution is 2.30. The Morgan fingerprint density at radius 1 is 1.30 bits per heavy atom. The van der Waals surface area contributed by atoms with Crippen molar-refractivity contribution >= 4 is 22.8 Å². The van der Waals surface area contributed by atoms with Crippen LogP contribution in [0.5, 0.6) is 5.75 Å². The quantitative estimate of drug-likeness (QED) is 0.641. The van der Waals surface area contributed by atoms with Gasteiger partial charge in [-0.2, -0.15) is 4.98 Å². The standard InChI is InChI=1S/C22H27N5O3/c1-3-17-19-20(24-14-25-22(19)30-26-17)27-11-7-9-16(13-27)21(28)23-12-15-8-5-6-10-18(15)29-4-2/h5-6,8,10,14,16H,3-4,7,9,11-13H2,1-2H3,(H,23,28)/t16-/m0/s1. The van der Waals surface area contributed by atoms with E-state index in [9.17, 15) is 4.79 Å². The molecule has 8 nitrogen and oxygen atoms in total. The zero-order chi connectivity index (χ0) is 20.9. The van der Waals surface area contributed by atoms with Gasteiger partial charge in [-0.1, -0.05) is 30.3 Å². The molecule has 158 valence electrons. The van der Waals surface area contributed by atoms with Crippen molar-refractivity contribution in [3.63, 3.8) is 0 Å². The summed E-state index contributed by atoms with van der Waals surface area (Å²) in [7, 11) is 0. The van der Waals surface area contributed by atoms with Gasteiger partial charge in [0.2, 0.25) is 5.91 Å². The zero-order valence-corrected chi connectivity index (χ0v) is 17.4. The fraction of sp³-hybridized carbons (Fsp3) is 0.455. The average molecular weight is 409 g/mol. The number of hydrogen-bond donors (Lipinski definition) is 1. The molecule has 1 aromatic carbocycles. The van der Waals surface area contributed by atoms with Crippen LogP contribution in [0.4, 0.5) is 5.82 Å². The Kier molecular flexibility index (Phi) is 6.11. The third-order valence-corrected chi connectivity index (χ3v) is 5.48. The summed E-state index contributed by atoms with van der Waals surface area (Å²) in [6.07, 6.45) is 4.01. The van der Waals surface area contributed by atoms with Crippen molar-refractivity contribution in [2.45, 2.75) is 39.7 Å². The van der Waals surface area contributed by atoms with Gasteiger partial charge in [-0.25, -0.2) is 4.98 Å². The van der Waals surface area contributed by atoms with Gasteiger partial charge >= 0.3 is 0 Å². The van der Waals surface area contributed by atoms with Crippen LogP contribution in [0, 0.1) is 5.92 Å². The van der Waals surface area contributed by atoms with E-state index in [1.165, 1.54) is 6.33 Å².